The highest BCUT2D eigenvalue weighted by atomic mass is 32.2. The second-order valence-electron chi connectivity index (χ2n) is 6.54. The van der Waals surface area contributed by atoms with Crippen LogP contribution in [0.1, 0.15) is 18.1 Å². The lowest BCUT2D eigenvalue weighted by Gasteiger charge is -2.11. The minimum Gasteiger partial charge on any atom is -0.338 e. The van der Waals surface area contributed by atoms with E-state index in [4.69, 9.17) is 0 Å². The third-order valence-corrected chi connectivity index (χ3v) is 5.09. The zero-order valence-corrected chi connectivity index (χ0v) is 17.4. The number of nitrogens with one attached hydrogen (secondary N) is 2. The van der Waals surface area contributed by atoms with Crippen LogP contribution in [-0.4, -0.2) is 39.0 Å². The third kappa shape index (κ3) is 5.23. The van der Waals surface area contributed by atoms with E-state index in [1.54, 1.807) is 6.92 Å². The third-order valence-electron chi connectivity index (χ3n) is 4.16. The van der Waals surface area contributed by atoms with Gasteiger partial charge in [-0.15, -0.1) is 10.2 Å². The van der Waals surface area contributed by atoms with E-state index in [0.717, 1.165) is 22.4 Å². The Hall–Kier alpha value is -3.13. The Morgan fingerprint density at radius 2 is 1.59 bits per heavy atom. The Balaban J connectivity index is 1.89. The summed E-state index contributed by atoms with van der Waals surface area (Å²) in [6.45, 7) is 6.30. The van der Waals surface area contributed by atoms with Crippen molar-refractivity contribution in [1.29, 1.82) is 0 Å². The van der Waals surface area contributed by atoms with Gasteiger partial charge in [0, 0.05) is 17.8 Å². The summed E-state index contributed by atoms with van der Waals surface area (Å²) in [5.41, 5.74) is 4.14. The Morgan fingerprint density at radius 1 is 0.966 bits per heavy atom. The molecule has 0 aliphatic carbocycles. The van der Waals surface area contributed by atoms with E-state index in [1.807, 2.05) is 66.9 Å². The predicted octanol–water partition coefficient (Wildman–Crippen LogP) is 3.49. The first-order valence-electron chi connectivity index (χ1n) is 9.28. The van der Waals surface area contributed by atoms with Crippen molar-refractivity contribution in [2.75, 3.05) is 12.3 Å². The molecule has 2 N–H and O–H groups in total. The van der Waals surface area contributed by atoms with E-state index in [9.17, 15) is 9.59 Å². The number of amides is 3. The molecule has 0 aliphatic rings. The first-order chi connectivity index (χ1) is 14.0. The number of urea groups is 1. The SMILES string of the molecule is CCNC(=O)NC(=O)CSc1nnc(-c2ccc(C)cc2)n1-c1ccc(C)cc1. The van der Waals surface area contributed by atoms with Gasteiger partial charge in [-0.25, -0.2) is 4.79 Å². The van der Waals surface area contributed by atoms with Crippen LogP contribution in [0.25, 0.3) is 17.1 Å². The Labute approximate surface area is 173 Å². The summed E-state index contributed by atoms with van der Waals surface area (Å²) in [6.07, 6.45) is 0. The number of carbonyl (C=O) groups is 2. The van der Waals surface area contributed by atoms with Gasteiger partial charge in [0.25, 0.3) is 0 Å². The Morgan fingerprint density at radius 3 is 2.21 bits per heavy atom. The van der Waals surface area contributed by atoms with Crippen LogP contribution in [0.15, 0.2) is 53.7 Å². The monoisotopic (exact) mass is 409 g/mol. The number of aryl methyl sites for hydroxylation is 2. The number of imide groups is 1. The molecule has 1 heterocycles. The van der Waals surface area contributed by atoms with E-state index in [2.05, 4.69) is 20.8 Å². The van der Waals surface area contributed by atoms with Gasteiger partial charge in [0.1, 0.15) is 0 Å². The summed E-state index contributed by atoms with van der Waals surface area (Å²) >= 11 is 1.23. The van der Waals surface area contributed by atoms with Gasteiger partial charge in [0.15, 0.2) is 11.0 Å². The fourth-order valence-corrected chi connectivity index (χ4v) is 3.43. The molecule has 3 amide bonds. The van der Waals surface area contributed by atoms with E-state index >= 15 is 0 Å². The highest BCUT2D eigenvalue weighted by Gasteiger charge is 2.18. The number of rotatable bonds is 6. The molecule has 0 radical (unpaired) electrons. The highest BCUT2D eigenvalue weighted by Crippen LogP contribution is 2.28. The second-order valence-corrected chi connectivity index (χ2v) is 7.48. The minimum atomic E-state index is -0.501. The van der Waals surface area contributed by atoms with Gasteiger partial charge >= 0.3 is 6.03 Å². The van der Waals surface area contributed by atoms with Gasteiger partial charge in [0.05, 0.1) is 5.75 Å². The molecule has 0 fully saturated rings. The summed E-state index contributed by atoms with van der Waals surface area (Å²) in [7, 11) is 0. The zero-order chi connectivity index (χ0) is 20.8. The lowest BCUT2D eigenvalue weighted by atomic mass is 10.1. The maximum absolute atomic E-state index is 12.1. The topological polar surface area (TPSA) is 88.9 Å². The van der Waals surface area contributed by atoms with Crippen LogP contribution in [-0.2, 0) is 4.79 Å². The summed E-state index contributed by atoms with van der Waals surface area (Å²) in [5, 5.41) is 14.1. The summed E-state index contributed by atoms with van der Waals surface area (Å²) in [5.74, 6) is 0.353. The van der Waals surface area contributed by atoms with Crippen molar-refractivity contribution in [3.63, 3.8) is 0 Å². The number of carbonyl (C=O) groups excluding carboxylic acids is 2. The second kappa shape index (κ2) is 9.38. The van der Waals surface area contributed by atoms with E-state index in [0.29, 0.717) is 17.5 Å². The number of hydrogen-bond donors (Lipinski definition) is 2. The average molecular weight is 410 g/mol. The number of thioether (sulfide) groups is 1. The van der Waals surface area contributed by atoms with Crippen molar-refractivity contribution in [3.8, 4) is 17.1 Å². The van der Waals surface area contributed by atoms with Crippen LogP contribution >= 0.6 is 11.8 Å². The van der Waals surface area contributed by atoms with Crippen LogP contribution in [0.4, 0.5) is 4.79 Å². The molecular weight excluding hydrogens is 386 g/mol. The van der Waals surface area contributed by atoms with Crippen LogP contribution in [0.2, 0.25) is 0 Å². The molecule has 0 unspecified atom stereocenters. The molecule has 0 saturated carbocycles. The predicted molar refractivity (Wildman–Crippen MR) is 114 cm³/mol. The summed E-state index contributed by atoms with van der Waals surface area (Å²) in [4.78, 5) is 23.6. The fourth-order valence-electron chi connectivity index (χ4n) is 2.68. The van der Waals surface area contributed by atoms with Crippen molar-refractivity contribution in [1.82, 2.24) is 25.4 Å². The van der Waals surface area contributed by atoms with Gasteiger partial charge in [-0.1, -0.05) is 59.3 Å². The van der Waals surface area contributed by atoms with E-state index in [-0.39, 0.29) is 5.75 Å². The maximum Gasteiger partial charge on any atom is 0.321 e. The average Bonchev–Trinajstić information content (AvgIpc) is 3.11. The van der Waals surface area contributed by atoms with Crippen LogP contribution in [0.5, 0.6) is 0 Å². The molecule has 0 saturated heterocycles. The molecular formula is C21H23N5O2S. The smallest absolute Gasteiger partial charge is 0.321 e. The van der Waals surface area contributed by atoms with Crippen molar-refractivity contribution >= 4 is 23.7 Å². The number of nitrogens with zero attached hydrogens (tertiary/aromatic N) is 3. The van der Waals surface area contributed by atoms with E-state index in [1.165, 1.54) is 11.8 Å². The quantitative estimate of drug-likeness (QED) is 0.609. The van der Waals surface area contributed by atoms with Crippen LogP contribution in [0.3, 0.4) is 0 Å². The first kappa shape index (κ1) is 20.6. The van der Waals surface area contributed by atoms with Gasteiger partial charge in [-0.3, -0.25) is 14.7 Å². The molecule has 0 aliphatic heterocycles. The molecule has 1 aromatic heterocycles. The molecule has 8 heteroatoms. The highest BCUT2D eigenvalue weighted by molar-refractivity contribution is 7.99. The molecule has 29 heavy (non-hydrogen) atoms. The fraction of sp³-hybridized carbons (Fsp3) is 0.238. The van der Waals surface area contributed by atoms with Crippen LogP contribution in [0, 0.1) is 13.8 Å². The Kier molecular flexibility index (Phi) is 6.66. The Bertz CT molecular complexity index is 997. The first-order valence-corrected chi connectivity index (χ1v) is 10.3. The normalized spacial score (nSPS) is 10.6. The molecule has 3 rings (SSSR count). The molecule has 150 valence electrons. The molecule has 0 bridgehead atoms. The van der Waals surface area contributed by atoms with Crippen LogP contribution < -0.4 is 10.6 Å². The van der Waals surface area contributed by atoms with Gasteiger partial charge in [0.2, 0.25) is 5.91 Å². The van der Waals surface area contributed by atoms with Crippen molar-refractivity contribution < 1.29 is 9.59 Å². The molecule has 7 nitrogen and oxygen atoms in total. The molecule has 0 atom stereocenters. The lowest BCUT2D eigenvalue weighted by Crippen LogP contribution is -2.40. The van der Waals surface area contributed by atoms with Gasteiger partial charge in [-0.2, -0.15) is 0 Å². The number of benzene rings is 2. The summed E-state index contributed by atoms with van der Waals surface area (Å²) < 4.78 is 1.92. The summed E-state index contributed by atoms with van der Waals surface area (Å²) in [6, 6.07) is 15.6. The largest absolute Gasteiger partial charge is 0.338 e. The zero-order valence-electron chi connectivity index (χ0n) is 16.6. The minimum absolute atomic E-state index is 0.0506. The van der Waals surface area contributed by atoms with Crippen molar-refractivity contribution in [3.05, 3.63) is 59.7 Å². The number of aromatic nitrogens is 3. The standard InChI is InChI=1S/C21H23N5O2S/c1-4-22-20(28)23-18(27)13-29-21-25-24-19(16-9-5-14(2)6-10-16)26(21)17-11-7-15(3)8-12-17/h5-12H,4,13H2,1-3H3,(H2,22,23,27,28). The molecule has 2 aromatic carbocycles. The van der Waals surface area contributed by atoms with Gasteiger partial charge < -0.3 is 5.32 Å². The van der Waals surface area contributed by atoms with Crippen molar-refractivity contribution in [2.24, 2.45) is 0 Å². The molecule has 3 aromatic rings. The molecule has 0 spiro atoms. The van der Waals surface area contributed by atoms with E-state index < -0.39 is 11.9 Å². The number of hydrogen-bond acceptors (Lipinski definition) is 5. The maximum atomic E-state index is 12.1. The van der Waals surface area contributed by atoms with Crippen molar-refractivity contribution in [2.45, 2.75) is 25.9 Å². The lowest BCUT2D eigenvalue weighted by molar-refractivity contribution is -0.117. The van der Waals surface area contributed by atoms with Gasteiger partial charge in [-0.05, 0) is 32.9 Å².